The predicted octanol–water partition coefficient (Wildman–Crippen LogP) is 7.19. The Morgan fingerprint density at radius 1 is 0.756 bits per heavy atom. The van der Waals surface area contributed by atoms with E-state index in [0.717, 1.165) is 52.2 Å². The molecule has 2 amide bonds. The third-order valence-corrected chi connectivity index (χ3v) is 8.14. The number of nitrogens with zero attached hydrogens (tertiary/aromatic N) is 3. The van der Waals surface area contributed by atoms with Crippen LogP contribution in [-0.2, 0) is 4.79 Å². The second-order valence-corrected chi connectivity index (χ2v) is 11.0. The van der Waals surface area contributed by atoms with Gasteiger partial charge in [-0.15, -0.1) is 0 Å². The van der Waals surface area contributed by atoms with Gasteiger partial charge < -0.3 is 9.47 Å². The van der Waals surface area contributed by atoms with Crippen molar-refractivity contribution in [2.24, 2.45) is 0 Å². The first-order valence-electron chi connectivity index (χ1n) is 14.2. The van der Waals surface area contributed by atoms with Gasteiger partial charge in [0, 0.05) is 17.8 Å². The number of carbonyl (C=O) groups excluding carboxylic acids is 2. The fourth-order valence-corrected chi connectivity index (χ4v) is 5.99. The second-order valence-electron chi connectivity index (χ2n) is 11.0. The highest BCUT2D eigenvalue weighted by atomic mass is 16.2. The molecule has 2 aliphatic rings. The Balaban J connectivity index is 1.23. The number of rotatable bonds is 6. The molecule has 2 heterocycles. The highest BCUT2D eigenvalue weighted by Crippen LogP contribution is 2.43. The van der Waals surface area contributed by atoms with Gasteiger partial charge in [0.25, 0.3) is 5.91 Å². The molecule has 0 saturated heterocycles. The highest BCUT2D eigenvalue weighted by Gasteiger charge is 2.40. The molecule has 41 heavy (non-hydrogen) atoms. The van der Waals surface area contributed by atoms with Crippen LogP contribution in [0.15, 0.2) is 121 Å². The van der Waals surface area contributed by atoms with Gasteiger partial charge in [-0.1, -0.05) is 84.4 Å². The van der Waals surface area contributed by atoms with E-state index in [9.17, 15) is 9.59 Å². The van der Waals surface area contributed by atoms with E-state index in [1.54, 1.807) is 4.90 Å². The van der Waals surface area contributed by atoms with Crippen LogP contribution in [0.2, 0.25) is 0 Å². The molecule has 0 N–H and O–H groups in total. The Morgan fingerprint density at radius 2 is 1.46 bits per heavy atom. The third kappa shape index (κ3) is 4.63. The summed E-state index contributed by atoms with van der Waals surface area (Å²) in [6, 6.07) is 38.1. The number of hydrogen-bond donors (Lipinski definition) is 0. The normalized spacial score (nSPS) is 15.6. The fourth-order valence-electron chi connectivity index (χ4n) is 5.99. The van der Waals surface area contributed by atoms with Crippen molar-refractivity contribution in [3.63, 3.8) is 0 Å². The summed E-state index contributed by atoms with van der Waals surface area (Å²) in [7, 11) is 0. The maximum Gasteiger partial charge on any atom is 0.254 e. The largest absolute Gasteiger partial charge is 0.326 e. The van der Waals surface area contributed by atoms with Crippen molar-refractivity contribution in [3.8, 4) is 16.8 Å². The number of aromatic nitrogens is 1. The van der Waals surface area contributed by atoms with Crippen molar-refractivity contribution in [2.75, 3.05) is 11.4 Å². The van der Waals surface area contributed by atoms with Gasteiger partial charge >= 0.3 is 0 Å². The molecule has 1 fully saturated rings. The van der Waals surface area contributed by atoms with Gasteiger partial charge in [-0.05, 0) is 72.9 Å². The summed E-state index contributed by atoms with van der Waals surface area (Å²) in [6.45, 7) is 2.10. The van der Waals surface area contributed by atoms with Crippen LogP contribution in [0.1, 0.15) is 46.1 Å². The van der Waals surface area contributed by atoms with Crippen LogP contribution in [0.25, 0.3) is 16.8 Å². The Kier molecular flexibility index (Phi) is 6.27. The molecule has 5 aromatic rings. The van der Waals surface area contributed by atoms with Crippen LogP contribution in [-0.4, -0.2) is 33.9 Å². The lowest BCUT2D eigenvalue weighted by Crippen LogP contribution is -2.47. The number of amides is 2. The van der Waals surface area contributed by atoms with Crippen LogP contribution < -0.4 is 4.90 Å². The lowest BCUT2D eigenvalue weighted by atomic mass is 9.96. The molecule has 1 saturated carbocycles. The van der Waals surface area contributed by atoms with Gasteiger partial charge in [-0.25, -0.2) is 0 Å². The van der Waals surface area contributed by atoms with Crippen molar-refractivity contribution in [1.29, 1.82) is 0 Å². The van der Waals surface area contributed by atoms with E-state index in [0.29, 0.717) is 5.56 Å². The van der Waals surface area contributed by atoms with Crippen molar-refractivity contribution in [2.45, 2.75) is 31.8 Å². The zero-order valence-electron chi connectivity index (χ0n) is 23.0. The molecule has 4 aromatic carbocycles. The van der Waals surface area contributed by atoms with Crippen molar-refractivity contribution in [1.82, 2.24) is 9.47 Å². The molecule has 1 aliphatic heterocycles. The van der Waals surface area contributed by atoms with Crippen molar-refractivity contribution >= 4 is 17.5 Å². The monoisotopic (exact) mass is 537 g/mol. The van der Waals surface area contributed by atoms with Crippen molar-refractivity contribution < 1.29 is 9.59 Å². The van der Waals surface area contributed by atoms with Crippen molar-refractivity contribution in [3.05, 3.63) is 144 Å². The summed E-state index contributed by atoms with van der Waals surface area (Å²) < 4.78 is 2.17. The standard InChI is InChI=1S/C36H31N3O2/c1-25-9-7-12-29(23-25)35-33-15-8-22-37(33)31-13-5-6-14-32(31)39(35)34(40)24-38(30-20-21-30)36(41)28-18-16-27(17-19-28)26-10-3-2-4-11-26/h2-19,22-23,30,35H,20-21,24H2,1H3. The van der Waals surface area contributed by atoms with E-state index in [1.165, 1.54) is 0 Å². The number of para-hydroxylation sites is 2. The molecule has 7 rings (SSSR count). The number of benzene rings is 4. The average molecular weight is 538 g/mol. The lowest BCUT2D eigenvalue weighted by Gasteiger charge is -2.39. The SMILES string of the molecule is Cc1cccc(C2c3cccn3-c3ccccc3N2C(=O)CN(C(=O)c2ccc(-c3ccccc3)cc2)C2CC2)c1. The average Bonchev–Trinajstić information content (AvgIpc) is 3.74. The fraction of sp³-hybridized carbons (Fsp3) is 0.167. The lowest BCUT2D eigenvalue weighted by molar-refractivity contribution is -0.119. The summed E-state index contributed by atoms with van der Waals surface area (Å²) in [5, 5.41) is 0. The van der Waals surface area contributed by atoms with Gasteiger partial charge in [0.1, 0.15) is 12.6 Å². The van der Waals surface area contributed by atoms with Gasteiger partial charge in [-0.2, -0.15) is 0 Å². The van der Waals surface area contributed by atoms with E-state index in [-0.39, 0.29) is 30.4 Å². The molecule has 0 radical (unpaired) electrons. The Bertz CT molecular complexity index is 1730. The van der Waals surface area contributed by atoms with Gasteiger partial charge in [-0.3, -0.25) is 14.5 Å². The minimum absolute atomic E-state index is 0.0291. The Labute approximate surface area is 240 Å². The number of anilines is 1. The quantitative estimate of drug-likeness (QED) is 0.230. The highest BCUT2D eigenvalue weighted by molar-refractivity contribution is 6.03. The van der Waals surface area contributed by atoms with Gasteiger partial charge in [0.15, 0.2) is 0 Å². The molecule has 0 bridgehead atoms. The van der Waals surface area contributed by atoms with E-state index in [2.05, 4.69) is 54.1 Å². The van der Waals surface area contributed by atoms with Gasteiger partial charge in [0.2, 0.25) is 5.91 Å². The van der Waals surface area contributed by atoms with E-state index < -0.39 is 0 Å². The minimum Gasteiger partial charge on any atom is -0.326 e. The summed E-state index contributed by atoms with van der Waals surface area (Å²) in [5.74, 6) is -0.182. The number of carbonyl (C=O) groups is 2. The molecule has 1 aliphatic carbocycles. The molecule has 1 aromatic heterocycles. The summed E-state index contributed by atoms with van der Waals surface area (Å²) in [6.07, 6.45) is 3.89. The number of aryl methyl sites for hydroxylation is 1. The molecular formula is C36H31N3O2. The Morgan fingerprint density at radius 3 is 2.20 bits per heavy atom. The first-order valence-corrected chi connectivity index (χ1v) is 14.2. The van der Waals surface area contributed by atoms with Crippen LogP contribution in [0.5, 0.6) is 0 Å². The smallest absolute Gasteiger partial charge is 0.254 e. The topological polar surface area (TPSA) is 45.6 Å². The third-order valence-electron chi connectivity index (χ3n) is 8.14. The second kappa shape index (κ2) is 10.3. The zero-order chi connectivity index (χ0) is 27.9. The molecule has 1 unspecified atom stereocenters. The van der Waals surface area contributed by atoms with Crippen LogP contribution in [0.4, 0.5) is 5.69 Å². The van der Waals surface area contributed by atoms with Crippen LogP contribution >= 0.6 is 0 Å². The van der Waals surface area contributed by atoms with Crippen LogP contribution in [0.3, 0.4) is 0 Å². The number of hydrogen-bond acceptors (Lipinski definition) is 2. The predicted molar refractivity (Wildman–Crippen MR) is 162 cm³/mol. The molecular weight excluding hydrogens is 506 g/mol. The number of fused-ring (bicyclic) bond motifs is 3. The van der Waals surface area contributed by atoms with Crippen LogP contribution in [0, 0.1) is 6.92 Å². The molecule has 5 nitrogen and oxygen atoms in total. The minimum atomic E-state index is -0.298. The maximum absolute atomic E-state index is 14.4. The van der Waals surface area contributed by atoms with E-state index in [4.69, 9.17) is 0 Å². The summed E-state index contributed by atoms with van der Waals surface area (Å²) >= 11 is 0. The summed E-state index contributed by atoms with van der Waals surface area (Å²) in [5.41, 5.74) is 7.81. The summed E-state index contributed by atoms with van der Waals surface area (Å²) in [4.78, 5) is 31.9. The molecule has 0 spiro atoms. The molecule has 5 heteroatoms. The first-order chi connectivity index (χ1) is 20.1. The van der Waals surface area contributed by atoms with Gasteiger partial charge in [0.05, 0.1) is 17.1 Å². The van der Waals surface area contributed by atoms with E-state index in [1.807, 2.05) is 83.8 Å². The molecule has 202 valence electrons. The first kappa shape index (κ1) is 25.1. The zero-order valence-corrected chi connectivity index (χ0v) is 23.0. The van der Waals surface area contributed by atoms with E-state index >= 15 is 0 Å². The molecule has 1 atom stereocenters. The Hall–Kier alpha value is -4.90. The maximum atomic E-state index is 14.4.